The predicted octanol–water partition coefficient (Wildman–Crippen LogP) is 2.89. The highest BCUT2D eigenvalue weighted by atomic mass is 19.4. The minimum absolute atomic E-state index is 0.0453. The Bertz CT molecular complexity index is 214. The zero-order valence-corrected chi connectivity index (χ0v) is 11.5. The number of nitrogens with zero attached hydrogens (tertiary/aromatic N) is 1. The van der Waals surface area contributed by atoms with Crippen LogP contribution in [0, 0.1) is 5.41 Å². The van der Waals surface area contributed by atoms with Gasteiger partial charge in [0.1, 0.15) is 0 Å². The molecular weight excluding hydrogens is 229 g/mol. The number of hydrogen-bond donors (Lipinski definition) is 1. The maximum absolute atomic E-state index is 12.1. The molecule has 0 aliphatic heterocycles. The van der Waals surface area contributed by atoms with E-state index in [9.17, 15) is 13.2 Å². The zero-order valence-electron chi connectivity index (χ0n) is 11.5. The van der Waals surface area contributed by atoms with Gasteiger partial charge in [-0.2, -0.15) is 13.2 Å². The molecule has 0 aromatic carbocycles. The van der Waals surface area contributed by atoms with E-state index >= 15 is 0 Å². The van der Waals surface area contributed by atoms with Gasteiger partial charge in [-0.15, -0.1) is 0 Å². The molecule has 0 aliphatic carbocycles. The summed E-state index contributed by atoms with van der Waals surface area (Å²) in [5, 5.41) is 3.31. The van der Waals surface area contributed by atoms with E-state index in [1.165, 1.54) is 0 Å². The van der Waals surface area contributed by atoms with E-state index in [1.54, 1.807) is 11.9 Å². The van der Waals surface area contributed by atoms with E-state index in [0.29, 0.717) is 6.54 Å². The van der Waals surface area contributed by atoms with Gasteiger partial charge in [0.2, 0.25) is 0 Å². The third kappa shape index (κ3) is 7.60. The second kappa shape index (κ2) is 6.59. The smallest absolute Gasteiger partial charge is 0.314 e. The first-order valence-electron chi connectivity index (χ1n) is 6.07. The third-order valence-electron chi connectivity index (χ3n) is 3.14. The quantitative estimate of drug-likeness (QED) is 0.751. The van der Waals surface area contributed by atoms with E-state index in [4.69, 9.17) is 0 Å². The molecule has 1 unspecified atom stereocenters. The van der Waals surface area contributed by atoms with Crippen molar-refractivity contribution in [2.75, 3.05) is 26.7 Å². The highest BCUT2D eigenvalue weighted by Gasteiger charge is 2.30. The molecule has 1 atom stereocenters. The van der Waals surface area contributed by atoms with Crippen molar-refractivity contribution in [2.24, 2.45) is 5.41 Å². The summed E-state index contributed by atoms with van der Waals surface area (Å²) in [7, 11) is 1.74. The van der Waals surface area contributed by atoms with Gasteiger partial charge in [0.15, 0.2) is 0 Å². The Balaban J connectivity index is 4.13. The van der Waals surface area contributed by atoms with Crippen LogP contribution in [0.3, 0.4) is 0 Å². The Morgan fingerprint density at radius 3 is 2.18 bits per heavy atom. The molecule has 2 nitrogen and oxygen atoms in total. The number of hydrogen-bond acceptors (Lipinski definition) is 2. The maximum atomic E-state index is 12.1. The average Bonchev–Trinajstić information content (AvgIpc) is 2.13. The van der Waals surface area contributed by atoms with E-state index in [0.717, 1.165) is 6.54 Å². The van der Waals surface area contributed by atoms with E-state index in [2.05, 4.69) is 26.1 Å². The van der Waals surface area contributed by atoms with Crippen molar-refractivity contribution in [3.8, 4) is 0 Å². The fraction of sp³-hybridized carbons (Fsp3) is 1.00. The Morgan fingerprint density at radius 2 is 1.76 bits per heavy atom. The molecule has 0 bridgehead atoms. The minimum Gasteiger partial charge on any atom is -0.314 e. The van der Waals surface area contributed by atoms with Crippen molar-refractivity contribution in [1.29, 1.82) is 0 Å². The van der Waals surface area contributed by atoms with Crippen molar-refractivity contribution < 1.29 is 13.2 Å². The summed E-state index contributed by atoms with van der Waals surface area (Å²) in [5.74, 6) is 0. The summed E-state index contributed by atoms with van der Waals surface area (Å²) in [4.78, 5) is 1.75. The van der Waals surface area contributed by atoms with Gasteiger partial charge in [-0.25, -0.2) is 0 Å². The van der Waals surface area contributed by atoms with Gasteiger partial charge in [-0.05, 0) is 25.9 Å². The fourth-order valence-corrected chi connectivity index (χ4v) is 1.81. The van der Waals surface area contributed by atoms with Gasteiger partial charge in [-0.1, -0.05) is 20.8 Å². The van der Waals surface area contributed by atoms with Gasteiger partial charge < -0.3 is 10.2 Å². The molecule has 17 heavy (non-hydrogen) atoms. The molecule has 0 saturated heterocycles. The van der Waals surface area contributed by atoms with Crippen molar-refractivity contribution in [3.05, 3.63) is 0 Å². The maximum Gasteiger partial charge on any atom is 0.390 e. The monoisotopic (exact) mass is 254 g/mol. The Kier molecular flexibility index (Phi) is 6.48. The van der Waals surface area contributed by atoms with Crippen LogP contribution in [0.2, 0.25) is 0 Å². The first-order chi connectivity index (χ1) is 7.58. The topological polar surface area (TPSA) is 15.3 Å². The lowest BCUT2D eigenvalue weighted by Crippen LogP contribution is -2.46. The molecule has 0 aromatic rings. The van der Waals surface area contributed by atoms with Crippen molar-refractivity contribution in [3.63, 3.8) is 0 Å². The van der Waals surface area contributed by atoms with Crippen molar-refractivity contribution in [2.45, 2.75) is 46.3 Å². The Hall–Kier alpha value is -0.290. The van der Waals surface area contributed by atoms with Crippen LogP contribution >= 0.6 is 0 Å². The highest BCUT2D eigenvalue weighted by molar-refractivity contribution is 4.83. The molecule has 0 spiro atoms. The van der Waals surface area contributed by atoms with Crippen molar-refractivity contribution in [1.82, 2.24) is 10.2 Å². The molecule has 0 rings (SSSR count). The van der Waals surface area contributed by atoms with Gasteiger partial charge in [0.25, 0.3) is 0 Å². The second-order valence-corrected chi connectivity index (χ2v) is 5.37. The molecule has 0 aliphatic rings. The second-order valence-electron chi connectivity index (χ2n) is 5.37. The Morgan fingerprint density at radius 1 is 1.24 bits per heavy atom. The lowest BCUT2D eigenvalue weighted by molar-refractivity contribution is -0.138. The number of halogens is 3. The molecule has 0 radical (unpaired) electrons. The van der Waals surface area contributed by atoms with Crippen LogP contribution in [-0.4, -0.2) is 43.8 Å². The van der Waals surface area contributed by atoms with E-state index in [-0.39, 0.29) is 18.0 Å². The van der Waals surface area contributed by atoms with E-state index < -0.39 is 12.6 Å². The number of alkyl halides is 3. The predicted molar refractivity (Wildman–Crippen MR) is 65.1 cm³/mol. The summed E-state index contributed by atoms with van der Waals surface area (Å²) < 4.78 is 36.3. The van der Waals surface area contributed by atoms with Gasteiger partial charge >= 0.3 is 6.18 Å². The molecule has 0 heterocycles. The van der Waals surface area contributed by atoms with Crippen LogP contribution in [0.25, 0.3) is 0 Å². The molecule has 5 heteroatoms. The van der Waals surface area contributed by atoms with Gasteiger partial charge in [0.05, 0.1) is 6.42 Å². The first kappa shape index (κ1) is 16.7. The Labute approximate surface area is 103 Å². The minimum atomic E-state index is -4.06. The summed E-state index contributed by atoms with van der Waals surface area (Å²) >= 11 is 0. The SMILES string of the molecule is CCNC(C)C(C)(C)CN(C)CCC(F)(F)F. The summed E-state index contributed by atoms with van der Waals surface area (Å²) in [6.07, 6.45) is -4.80. The van der Waals surface area contributed by atoms with Gasteiger partial charge in [0, 0.05) is 19.1 Å². The van der Waals surface area contributed by atoms with Crippen molar-refractivity contribution >= 4 is 0 Å². The molecular formula is C12H25F3N2. The van der Waals surface area contributed by atoms with E-state index in [1.807, 2.05) is 6.92 Å². The van der Waals surface area contributed by atoms with Crippen LogP contribution in [0.5, 0.6) is 0 Å². The summed E-state index contributed by atoms with van der Waals surface area (Å²) in [6.45, 7) is 9.83. The average molecular weight is 254 g/mol. The number of nitrogens with one attached hydrogen (secondary N) is 1. The standard InChI is InChI=1S/C12H25F3N2/c1-6-16-10(2)11(3,4)9-17(5)8-7-12(13,14)15/h10,16H,6-9H2,1-5H3. The van der Waals surface area contributed by atoms with Crippen LogP contribution in [0.15, 0.2) is 0 Å². The van der Waals surface area contributed by atoms with Crippen LogP contribution in [-0.2, 0) is 0 Å². The fourth-order valence-electron chi connectivity index (χ4n) is 1.81. The van der Waals surface area contributed by atoms with Crippen LogP contribution in [0.4, 0.5) is 13.2 Å². The molecule has 0 saturated carbocycles. The normalized spacial score (nSPS) is 15.4. The lowest BCUT2D eigenvalue weighted by Gasteiger charge is -2.36. The molecule has 0 amide bonds. The largest absolute Gasteiger partial charge is 0.390 e. The zero-order chi connectivity index (χ0) is 13.7. The van der Waals surface area contributed by atoms with Gasteiger partial charge in [-0.3, -0.25) is 0 Å². The summed E-state index contributed by atoms with van der Waals surface area (Å²) in [6, 6.07) is 0.279. The number of rotatable bonds is 7. The summed E-state index contributed by atoms with van der Waals surface area (Å²) in [5.41, 5.74) is -0.0453. The lowest BCUT2D eigenvalue weighted by atomic mass is 9.85. The first-order valence-corrected chi connectivity index (χ1v) is 6.07. The molecule has 104 valence electrons. The third-order valence-corrected chi connectivity index (χ3v) is 3.14. The molecule has 0 fully saturated rings. The highest BCUT2D eigenvalue weighted by Crippen LogP contribution is 2.24. The van der Waals surface area contributed by atoms with Crippen LogP contribution < -0.4 is 5.32 Å². The molecule has 1 N–H and O–H groups in total. The van der Waals surface area contributed by atoms with Crippen LogP contribution in [0.1, 0.15) is 34.1 Å². The molecule has 0 aromatic heterocycles.